The van der Waals surface area contributed by atoms with Crippen molar-refractivity contribution >= 4 is 17.7 Å². The predicted molar refractivity (Wildman–Crippen MR) is 78.6 cm³/mol. The maximum atomic E-state index is 12.5. The molecule has 1 aromatic rings. The summed E-state index contributed by atoms with van der Waals surface area (Å²) >= 11 is 0. The summed E-state index contributed by atoms with van der Waals surface area (Å²) in [4.78, 5) is 37.3. The molecule has 1 N–H and O–H groups in total. The Hall–Kier alpha value is -2.17. The van der Waals surface area contributed by atoms with Crippen LogP contribution in [0.1, 0.15) is 30.5 Å². The zero-order chi connectivity index (χ0) is 15.8. The van der Waals surface area contributed by atoms with Crippen molar-refractivity contribution in [3.05, 3.63) is 34.9 Å². The van der Waals surface area contributed by atoms with Gasteiger partial charge in [0.05, 0.1) is 6.42 Å². The lowest BCUT2D eigenvalue weighted by molar-refractivity contribution is -0.155. The van der Waals surface area contributed by atoms with Crippen LogP contribution in [0.4, 0.5) is 0 Å². The van der Waals surface area contributed by atoms with Crippen LogP contribution in [0.3, 0.4) is 0 Å². The SMILES string of the molecule is Cc1ccc(C)c(CC(=O)N2CC(=O)NC(=O)C2(C)C)c1. The first-order chi connectivity index (χ1) is 9.71. The Kier molecular flexibility index (Phi) is 3.85. The van der Waals surface area contributed by atoms with Crippen molar-refractivity contribution in [2.45, 2.75) is 39.7 Å². The van der Waals surface area contributed by atoms with Gasteiger partial charge in [0.1, 0.15) is 12.1 Å². The van der Waals surface area contributed by atoms with E-state index < -0.39 is 17.4 Å². The first-order valence-corrected chi connectivity index (χ1v) is 6.92. The van der Waals surface area contributed by atoms with Crippen molar-refractivity contribution in [3.8, 4) is 0 Å². The van der Waals surface area contributed by atoms with Gasteiger partial charge >= 0.3 is 0 Å². The number of benzene rings is 1. The fraction of sp³-hybridized carbons (Fsp3) is 0.438. The lowest BCUT2D eigenvalue weighted by atomic mass is 9.96. The van der Waals surface area contributed by atoms with Gasteiger partial charge in [0.2, 0.25) is 11.8 Å². The molecule has 0 atom stereocenters. The van der Waals surface area contributed by atoms with Crippen molar-refractivity contribution in [3.63, 3.8) is 0 Å². The van der Waals surface area contributed by atoms with Crippen molar-refractivity contribution in [2.24, 2.45) is 0 Å². The molecule has 0 radical (unpaired) electrons. The molecule has 1 fully saturated rings. The Morgan fingerprint density at radius 3 is 2.62 bits per heavy atom. The van der Waals surface area contributed by atoms with Gasteiger partial charge in [-0.25, -0.2) is 0 Å². The number of imide groups is 1. The molecule has 1 aliphatic rings. The quantitative estimate of drug-likeness (QED) is 0.829. The Bertz CT molecular complexity index is 620. The third-order valence-corrected chi connectivity index (χ3v) is 3.93. The Morgan fingerprint density at radius 1 is 1.29 bits per heavy atom. The fourth-order valence-corrected chi connectivity index (χ4v) is 2.43. The highest BCUT2D eigenvalue weighted by Crippen LogP contribution is 2.21. The van der Waals surface area contributed by atoms with Crippen LogP contribution < -0.4 is 5.32 Å². The third kappa shape index (κ3) is 2.96. The predicted octanol–water partition coefficient (Wildman–Crippen LogP) is 1.11. The molecule has 5 heteroatoms. The monoisotopic (exact) mass is 288 g/mol. The number of rotatable bonds is 2. The van der Waals surface area contributed by atoms with Gasteiger partial charge in [0.15, 0.2) is 0 Å². The highest BCUT2D eigenvalue weighted by atomic mass is 16.2. The van der Waals surface area contributed by atoms with Gasteiger partial charge in [0, 0.05) is 0 Å². The Labute approximate surface area is 124 Å². The molecule has 1 saturated heterocycles. The molecule has 1 aliphatic heterocycles. The molecule has 0 aliphatic carbocycles. The summed E-state index contributed by atoms with van der Waals surface area (Å²) in [6.45, 7) is 7.13. The van der Waals surface area contributed by atoms with Crippen molar-refractivity contribution in [2.75, 3.05) is 6.54 Å². The van der Waals surface area contributed by atoms with Gasteiger partial charge in [-0.1, -0.05) is 23.8 Å². The summed E-state index contributed by atoms with van der Waals surface area (Å²) in [7, 11) is 0. The van der Waals surface area contributed by atoms with Crippen LogP contribution in [0.5, 0.6) is 0 Å². The second kappa shape index (κ2) is 5.31. The van der Waals surface area contributed by atoms with Gasteiger partial charge in [-0.15, -0.1) is 0 Å². The summed E-state index contributed by atoms with van der Waals surface area (Å²) in [6.07, 6.45) is 0.192. The lowest BCUT2D eigenvalue weighted by Gasteiger charge is -2.40. The molecule has 1 aromatic carbocycles. The third-order valence-electron chi connectivity index (χ3n) is 3.93. The van der Waals surface area contributed by atoms with Crippen LogP contribution >= 0.6 is 0 Å². The topological polar surface area (TPSA) is 66.5 Å². The maximum Gasteiger partial charge on any atom is 0.252 e. The zero-order valence-electron chi connectivity index (χ0n) is 12.8. The highest BCUT2D eigenvalue weighted by Gasteiger charge is 2.43. The standard InChI is InChI=1S/C16H20N2O3/c1-10-5-6-11(2)12(7-10)8-14(20)18-9-13(19)17-15(21)16(18,3)4/h5-7H,8-9H2,1-4H3,(H,17,19,21). The highest BCUT2D eigenvalue weighted by molar-refractivity contribution is 6.06. The molecule has 21 heavy (non-hydrogen) atoms. The fourth-order valence-electron chi connectivity index (χ4n) is 2.43. The average Bonchev–Trinajstić information content (AvgIpc) is 2.38. The number of carbonyl (C=O) groups is 3. The molecular formula is C16H20N2O3. The van der Waals surface area contributed by atoms with Crippen LogP contribution in [-0.4, -0.2) is 34.7 Å². The van der Waals surface area contributed by atoms with Crippen molar-refractivity contribution in [1.29, 1.82) is 0 Å². The molecule has 0 aromatic heterocycles. The number of carbonyl (C=O) groups excluding carboxylic acids is 3. The minimum absolute atomic E-state index is 0.0809. The van der Waals surface area contributed by atoms with E-state index >= 15 is 0 Å². The number of hydrogen-bond acceptors (Lipinski definition) is 3. The number of nitrogens with one attached hydrogen (secondary N) is 1. The number of hydrogen-bond donors (Lipinski definition) is 1. The van der Waals surface area contributed by atoms with Gasteiger partial charge in [-0.2, -0.15) is 0 Å². The van der Waals surface area contributed by atoms with Crippen LogP contribution in [0.25, 0.3) is 0 Å². The van der Waals surface area contributed by atoms with Crippen LogP contribution in [0.2, 0.25) is 0 Å². The average molecular weight is 288 g/mol. The summed E-state index contributed by atoms with van der Waals surface area (Å²) < 4.78 is 0. The Balaban J connectivity index is 2.24. The smallest absolute Gasteiger partial charge is 0.252 e. The van der Waals surface area contributed by atoms with E-state index in [-0.39, 0.29) is 18.9 Å². The molecule has 1 heterocycles. The lowest BCUT2D eigenvalue weighted by Crippen LogP contribution is -2.65. The first kappa shape index (κ1) is 15.2. The number of nitrogens with zero attached hydrogens (tertiary/aromatic N) is 1. The van der Waals surface area contributed by atoms with E-state index in [1.165, 1.54) is 4.90 Å². The largest absolute Gasteiger partial charge is 0.319 e. The Morgan fingerprint density at radius 2 is 1.95 bits per heavy atom. The van der Waals surface area contributed by atoms with Gasteiger partial charge < -0.3 is 4.90 Å². The summed E-state index contributed by atoms with van der Waals surface area (Å²) in [5, 5.41) is 2.27. The molecule has 5 nitrogen and oxygen atoms in total. The molecule has 2 rings (SSSR count). The van der Waals surface area contributed by atoms with Gasteiger partial charge in [-0.05, 0) is 38.8 Å². The van der Waals surface area contributed by atoms with E-state index in [1.807, 2.05) is 32.0 Å². The summed E-state index contributed by atoms with van der Waals surface area (Å²) in [5.41, 5.74) is 2.02. The molecular weight excluding hydrogens is 268 g/mol. The van der Waals surface area contributed by atoms with E-state index in [0.29, 0.717) is 0 Å². The molecule has 0 saturated carbocycles. The maximum absolute atomic E-state index is 12.5. The van der Waals surface area contributed by atoms with Crippen molar-refractivity contribution in [1.82, 2.24) is 10.2 Å². The molecule has 0 spiro atoms. The molecule has 3 amide bonds. The minimum Gasteiger partial charge on any atom is -0.319 e. The second-order valence-corrected chi connectivity index (χ2v) is 6.02. The molecule has 112 valence electrons. The summed E-state index contributed by atoms with van der Waals surface area (Å²) in [6, 6.07) is 5.92. The van der Waals surface area contributed by atoms with Crippen LogP contribution in [0, 0.1) is 13.8 Å². The van der Waals surface area contributed by atoms with E-state index in [9.17, 15) is 14.4 Å². The van der Waals surface area contributed by atoms with Crippen molar-refractivity contribution < 1.29 is 14.4 Å². The molecule has 0 unspecified atom stereocenters. The minimum atomic E-state index is -1.01. The zero-order valence-corrected chi connectivity index (χ0v) is 12.8. The number of piperazine rings is 1. The first-order valence-electron chi connectivity index (χ1n) is 6.92. The van der Waals surface area contributed by atoms with Gasteiger partial charge in [0.25, 0.3) is 5.91 Å². The van der Waals surface area contributed by atoms with E-state index in [2.05, 4.69) is 5.32 Å². The summed E-state index contributed by atoms with van der Waals surface area (Å²) in [5.74, 6) is -1.08. The van der Waals surface area contributed by atoms with Gasteiger partial charge in [-0.3, -0.25) is 19.7 Å². The van der Waals surface area contributed by atoms with E-state index in [0.717, 1.165) is 16.7 Å². The number of aryl methyl sites for hydroxylation is 2. The van der Waals surface area contributed by atoms with E-state index in [4.69, 9.17) is 0 Å². The normalized spacial score (nSPS) is 17.6. The number of amides is 3. The van der Waals surface area contributed by atoms with E-state index in [1.54, 1.807) is 13.8 Å². The molecule has 0 bridgehead atoms. The van der Waals surface area contributed by atoms with Crippen LogP contribution in [-0.2, 0) is 20.8 Å². The second-order valence-electron chi connectivity index (χ2n) is 6.02. The van der Waals surface area contributed by atoms with Crippen LogP contribution in [0.15, 0.2) is 18.2 Å².